The van der Waals surface area contributed by atoms with Crippen molar-refractivity contribution in [2.75, 3.05) is 5.32 Å². The lowest BCUT2D eigenvalue weighted by atomic mass is 9.91. The van der Waals surface area contributed by atoms with E-state index in [1.165, 1.54) is 12.8 Å². The minimum absolute atomic E-state index is 0.0782. The van der Waals surface area contributed by atoms with Gasteiger partial charge in [0.1, 0.15) is 5.75 Å². The summed E-state index contributed by atoms with van der Waals surface area (Å²) in [5.74, 6) is 0.332. The molecule has 0 spiro atoms. The maximum absolute atomic E-state index is 9.73. The monoisotopic (exact) mass is 221 g/mol. The first kappa shape index (κ1) is 12.9. The number of aromatic hydroxyl groups is 1. The van der Waals surface area contributed by atoms with Crippen molar-refractivity contribution < 1.29 is 5.11 Å². The number of unbranched alkanes of at least 4 members (excludes halogenated alkanes) is 1. The highest BCUT2D eigenvalue weighted by Crippen LogP contribution is 2.29. The molecule has 0 aliphatic carbocycles. The summed E-state index contributed by atoms with van der Waals surface area (Å²) >= 11 is 0. The van der Waals surface area contributed by atoms with Gasteiger partial charge in [0.05, 0.1) is 5.69 Å². The Bertz CT molecular complexity index is 324. The van der Waals surface area contributed by atoms with E-state index in [-0.39, 0.29) is 5.54 Å². The molecule has 1 aromatic carbocycles. The van der Waals surface area contributed by atoms with Crippen molar-refractivity contribution >= 4 is 5.69 Å². The van der Waals surface area contributed by atoms with E-state index in [1.54, 1.807) is 6.07 Å². The van der Waals surface area contributed by atoms with Crippen LogP contribution in [0.4, 0.5) is 5.69 Å². The Morgan fingerprint density at radius 3 is 2.50 bits per heavy atom. The van der Waals surface area contributed by atoms with Crippen LogP contribution in [0.1, 0.15) is 46.5 Å². The number of anilines is 1. The molecule has 1 atom stereocenters. The van der Waals surface area contributed by atoms with Crippen molar-refractivity contribution in [3.05, 3.63) is 24.3 Å². The van der Waals surface area contributed by atoms with Crippen LogP contribution in [0.15, 0.2) is 24.3 Å². The number of phenolic OH excluding ortho intramolecular Hbond substituents is 1. The van der Waals surface area contributed by atoms with E-state index in [4.69, 9.17) is 0 Å². The predicted molar refractivity (Wildman–Crippen MR) is 70.0 cm³/mol. The third-order valence-electron chi connectivity index (χ3n) is 3.20. The summed E-state index contributed by atoms with van der Waals surface area (Å²) < 4.78 is 0. The summed E-state index contributed by atoms with van der Waals surface area (Å²) in [7, 11) is 0. The SMILES string of the molecule is CCCCC(C)(CC)Nc1ccccc1O. The average Bonchev–Trinajstić information content (AvgIpc) is 2.30. The molecule has 2 nitrogen and oxygen atoms in total. The first-order valence-corrected chi connectivity index (χ1v) is 6.17. The van der Waals surface area contributed by atoms with Gasteiger partial charge in [0.25, 0.3) is 0 Å². The lowest BCUT2D eigenvalue weighted by Gasteiger charge is -2.31. The number of benzene rings is 1. The van der Waals surface area contributed by atoms with Crippen LogP contribution < -0.4 is 5.32 Å². The van der Waals surface area contributed by atoms with Crippen LogP contribution in [0.5, 0.6) is 5.75 Å². The van der Waals surface area contributed by atoms with Crippen LogP contribution in [0.3, 0.4) is 0 Å². The number of hydrogen-bond acceptors (Lipinski definition) is 2. The van der Waals surface area contributed by atoms with Crippen molar-refractivity contribution in [3.8, 4) is 5.75 Å². The fourth-order valence-corrected chi connectivity index (χ4v) is 1.80. The Morgan fingerprint density at radius 1 is 1.25 bits per heavy atom. The smallest absolute Gasteiger partial charge is 0.138 e. The van der Waals surface area contributed by atoms with Crippen LogP contribution >= 0.6 is 0 Å². The molecular weight excluding hydrogens is 198 g/mol. The second-order valence-electron chi connectivity index (χ2n) is 4.66. The summed E-state index contributed by atoms with van der Waals surface area (Å²) in [6, 6.07) is 7.43. The normalized spacial score (nSPS) is 14.4. The first-order chi connectivity index (χ1) is 7.61. The first-order valence-electron chi connectivity index (χ1n) is 6.17. The molecule has 16 heavy (non-hydrogen) atoms. The van der Waals surface area contributed by atoms with Crippen molar-refractivity contribution in [1.29, 1.82) is 0 Å². The van der Waals surface area contributed by atoms with E-state index in [1.807, 2.05) is 18.2 Å². The molecule has 1 rings (SSSR count). The Kier molecular flexibility index (Phi) is 4.66. The molecule has 0 aliphatic rings. The predicted octanol–water partition coefficient (Wildman–Crippen LogP) is 4.16. The minimum atomic E-state index is 0.0782. The molecule has 2 heteroatoms. The van der Waals surface area contributed by atoms with Crippen LogP contribution in [0.25, 0.3) is 0 Å². The highest BCUT2D eigenvalue weighted by atomic mass is 16.3. The second kappa shape index (κ2) is 5.78. The van der Waals surface area contributed by atoms with Gasteiger partial charge in [-0.3, -0.25) is 0 Å². The zero-order chi connectivity index (χ0) is 12.0. The molecule has 0 saturated heterocycles. The van der Waals surface area contributed by atoms with Crippen LogP contribution in [-0.2, 0) is 0 Å². The fraction of sp³-hybridized carbons (Fsp3) is 0.571. The van der Waals surface area contributed by atoms with Gasteiger partial charge >= 0.3 is 0 Å². The van der Waals surface area contributed by atoms with Gasteiger partial charge in [-0.25, -0.2) is 0 Å². The number of nitrogens with one attached hydrogen (secondary N) is 1. The second-order valence-corrected chi connectivity index (χ2v) is 4.66. The molecule has 0 radical (unpaired) electrons. The largest absolute Gasteiger partial charge is 0.506 e. The Balaban J connectivity index is 2.72. The molecule has 1 aromatic rings. The van der Waals surface area contributed by atoms with Crippen LogP contribution in [0, 0.1) is 0 Å². The quantitative estimate of drug-likeness (QED) is 0.707. The van der Waals surface area contributed by atoms with Gasteiger partial charge in [-0.05, 0) is 31.9 Å². The highest BCUT2D eigenvalue weighted by molar-refractivity contribution is 5.56. The van der Waals surface area contributed by atoms with Gasteiger partial charge in [-0.1, -0.05) is 38.8 Å². The lowest BCUT2D eigenvalue weighted by Crippen LogP contribution is -2.33. The number of phenols is 1. The number of hydrogen-bond donors (Lipinski definition) is 2. The molecule has 0 aliphatic heterocycles. The molecule has 2 N–H and O–H groups in total. The van der Waals surface area contributed by atoms with Crippen LogP contribution in [-0.4, -0.2) is 10.6 Å². The van der Waals surface area contributed by atoms with E-state index >= 15 is 0 Å². The summed E-state index contributed by atoms with van der Waals surface area (Å²) in [4.78, 5) is 0. The Labute approximate surface area is 98.7 Å². The van der Waals surface area contributed by atoms with Crippen molar-refractivity contribution in [2.24, 2.45) is 0 Å². The van der Waals surface area contributed by atoms with E-state index in [0.717, 1.165) is 18.5 Å². The zero-order valence-corrected chi connectivity index (χ0v) is 10.6. The fourth-order valence-electron chi connectivity index (χ4n) is 1.80. The molecular formula is C14H23NO. The topological polar surface area (TPSA) is 32.3 Å². The molecule has 0 amide bonds. The molecule has 0 saturated carbocycles. The maximum atomic E-state index is 9.73. The Morgan fingerprint density at radius 2 is 1.94 bits per heavy atom. The van der Waals surface area contributed by atoms with Crippen molar-refractivity contribution in [3.63, 3.8) is 0 Å². The summed E-state index contributed by atoms with van der Waals surface area (Å²) in [5.41, 5.74) is 0.914. The standard InChI is InChI=1S/C14H23NO/c1-4-6-11-14(3,5-2)15-12-9-7-8-10-13(12)16/h7-10,15-16H,4-6,11H2,1-3H3. The van der Waals surface area contributed by atoms with Gasteiger partial charge in [0.15, 0.2) is 0 Å². The van der Waals surface area contributed by atoms with E-state index in [0.29, 0.717) is 5.75 Å². The number of rotatable bonds is 6. The van der Waals surface area contributed by atoms with Gasteiger partial charge < -0.3 is 10.4 Å². The zero-order valence-electron chi connectivity index (χ0n) is 10.6. The van der Waals surface area contributed by atoms with Gasteiger partial charge in [-0.15, -0.1) is 0 Å². The van der Waals surface area contributed by atoms with Gasteiger partial charge in [0.2, 0.25) is 0 Å². The molecule has 0 bridgehead atoms. The van der Waals surface area contributed by atoms with Crippen LogP contribution in [0.2, 0.25) is 0 Å². The molecule has 90 valence electrons. The number of para-hydroxylation sites is 2. The van der Waals surface area contributed by atoms with E-state index in [2.05, 4.69) is 26.1 Å². The molecule has 0 fully saturated rings. The van der Waals surface area contributed by atoms with Crippen molar-refractivity contribution in [1.82, 2.24) is 0 Å². The van der Waals surface area contributed by atoms with Gasteiger partial charge in [0, 0.05) is 5.54 Å². The third kappa shape index (κ3) is 3.44. The third-order valence-corrected chi connectivity index (χ3v) is 3.20. The Hall–Kier alpha value is -1.18. The van der Waals surface area contributed by atoms with E-state index < -0.39 is 0 Å². The molecule has 0 aromatic heterocycles. The minimum Gasteiger partial charge on any atom is -0.506 e. The van der Waals surface area contributed by atoms with Crippen molar-refractivity contribution in [2.45, 2.75) is 52.0 Å². The maximum Gasteiger partial charge on any atom is 0.138 e. The molecule has 1 unspecified atom stereocenters. The van der Waals surface area contributed by atoms with E-state index in [9.17, 15) is 5.11 Å². The highest BCUT2D eigenvalue weighted by Gasteiger charge is 2.21. The summed E-state index contributed by atoms with van der Waals surface area (Å²) in [6.07, 6.45) is 4.61. The summed E-state index contributed by atoms with van der Waals surface area (Å²) in [6.45, 7) is 6.60. The van der Waals surface area contributed by atoms with Gasteiger partial charge in [-0.2, -0.15) is 0 Å². The summed E-state index contributed by atoms with van der Waals surface area (Å²) in [5, 5.41) is 13.2. The average molecular weight is 221 g/mol. The molecule has 0 heterocycles. The lowest BCUT2D eigenvalue weighted by molar-refractivity contribution is 0.430.